The maximum absolute atomic E-state index is 13.7. The van der Waals surface area contributed by atoms with E-state index in [9.17, 15) is 13.2 Å². The van der Waals surface area contributed by atoms with E-state index >= 15 is 0 Å². The summed E-state index contributed by atoms with van der Waals surface area (Å²) in [6.07, 6.45) is 4.99. The number of hydrogen-bond acceptors (Lipinski definition) is 4. The minimum atomic E-state index is -3.87. The van der Waals surface area contributed by atoms with Crippen LogP contribution in [0.1, 0.15) is 44.6 Å². The summed E-state index contributed by atoms with van der Waals surface area (Å²) in [7, 11) is -3.87. The highest BCUT2D eigenvalue weighted by Gasteiger charge is 2.37. The van der Waals surface area contributed by atoms with Crippen molar-refractivity contribution in [2.24, 2.45) is 5.92 Å². The summed E-state index contributed by atoms with van der Waals surface area (Å²) in [5.74, 6) is -0.577. The molecule has 2 heterocycles. The minimum Gasteiger partial charge on any atom is -0.481 e. The molecule has 1 atom stereocenters. The predicted molar refractivity (Wildman–Crippen MR) is 133 cm³/mol. The highest BCUT2D eigenvalue weighted by atomic mass is 35.5. The molecule has 0 bridgehead atoms. The van der Waals surface area contributed by atoms with Crippen LogP contribution in [0.25, 0.3) is 11.1 Å². The van der Waals surface area contributed by atoms with Gasteiger partial charge in [0.05, 0.1) is 16.8 Å². The van der Waals surface area contributed by atoms with Gasteiger partial charge >= 0.3 is 5.97 Å². The van der Waals surface area contributed by atoms with E-state index in [1.165, 1.54) is 4.31 Å². The maximum atomic E-state index is 13.7. The Morgan fingerprint density at radius 3 is 2.74 bits per heavy atom. The predicted octanol–water partition coefficient (Wildman–Crippen LogP) is 5.41. The molecule has 1 aliphatic rings. The van der Waals surface area contributed by atoms with Crippen LogP contribution in [0.15, 0.2) is 59.8 Å². The average Bonchev–Trinajstić information content (AvgIpc) is 3.41. The van der Waals surface area contributed by atoms with Crippen LogP contribution in [-0.4, -0.2) is 35.8 Å². The van der Waals surface area contributed by atoms with Crippen LogP contribution in [0.4, 0.5) is 5.69 Å². The molecule has 1 aromatic heterocycles. The van der Waals surface area contributed by atoms with E-state index in [0.717, 1.165) is 29.7 Å². The van der Waals surface area contributed by atoms with E-state index in [1.807, 2.05) is 16.9 Å². The van der Waals surface area contributed by atoms with Crippen molar-refractivity contribution in [1.82, 2.24) is 9.78 Å². The molecule has 0 amide bonds. The molecule has 180 valence electrons. The highest BCUT2D eigenvalue weighted by Crippen LogP contribution is 2.43. The van der Waals surface area contributed by atoms with Crippen molar-refractivity contribution in [1.29, 1.82) is 0 Å². The summed E-state index contributed by atoms with van der Waals surface area (Å²) in [4.78, 5) is 11.3. The Labute approximate surface area is 205 Å². The van der Waals surface area contributed by atoms with E-state index < -0.39 is 16.0 Å². The topological polar surface area (TPSA) is 92.5 Å². The Kier molecular flexibility index (Phi) is 7.00. The molecular formula is C25H28ClN3O4S. The Morgan fingerprint density at radius 1 is 1.21 bits per heavy atom. The van der Waals surface area contributed by atoms with Crippen LogP contribution >= 0.6 is 11.6 Å². The number of aromatic nitrogens is 2. The first-order valence-corrected chi connectivity index (χ1v) is 13.1. The molecule has 1 N–H and O–H groups in total. The first-order chi connectivity index (χ1) is 16.1. The number of carbonyl (C=O) groups is 1. The Hall–Kier alpha value is -2.84. The summed E-state index contributed by atoms with van der Waals surface area (Å²) in [6.45, 7) is 5.31. The van der Waals surface area contributed by atoms with Gasteiger partial charge in [0.25, 0.3) is 10.0 Å². The third kappa shape index (κ3) is 5.13. The zero-order chi connectivity index (χ0) is 24.5. The van der Waals surface area contributed by atoms with Gasteiger partial charge < -0.3 is 5.11 Å². The van der Waals surface area contributed by atoms with E-state index in [4.69, 9.17) is 16.7 Å². The van der Waals surface area contributed by atoms with Gasteiger partial charge in [0, 0.05) is 42.2 Å². The second-order valence-corrected chi connectivity index (χ2v) is 11.4. The summed E-state index contributed by atoms with van der Waals surface area (Å²) in [5, 5.41) is 14.0. The molecule has 0 aliphatic carbocycles. The van der Waals surface area contributed by atoms with Gasteiger partial charge in [0.2, 0.25) is 0 Å². The minimum absolute atomic E-state index is 0.0409. The van der Waals surface area contributed by atoms with Crippen molar-refractivity contribution in [3.63, 3.8) is 0 Å². The van der Waals surface area contributed by atoms with Crippen molar-refractivity contribution >= 4 is 33.3 Å². The second kappa shape index (κ2) is 9.80. The normalized spacial score (nSPS) is 15.6. The number of sulfonamides is 1. The second-order valence-electron chi connectivity index (χ2n) is 9.07. The van der Waals surface area contributed by atoms with Gasteiger partial charge in [0.15, 0.2) is 0 Å². The van der Waals surface area contributed by atoms with Crippen LogP contribution in [0.2, 0.25) is 5.02 Å². The van der Waals surface area contributed by atoms with E-state index in [2.05, 4.69) is 18.9 Å². The first-order valence-electron chi connectivity index (χ1n) is 11.3. The van der Waals surface area contributed by atoms with Crippen molar-refractivity contribution in [2.75, 3.05) is 10.8 Å². The van der Waals surface area contributed by atoms with Crippen LogP contribution in [0.5, 0.6) is 0 Å². The number of benzene rings is 2. The number of aryl methyl sites for hydroxylation is 1. The quantitative estimate of drug-likeness (QED) is 0.423. The molecule has 0 saturated heterocycles. The molecular weight excluding hydrogens is 474 g/mol. The largest absolute Gasteiger partial charge is 0.481 e. The van der Waals surface area contributed by atoms with E-state index in [1.54, 1.807) is 42.6 Å². The lowest BCUT2D eigenvalue weighted by atomic mass is 9.96. The summed E-state index contributed by atoms with van der Waals surface area (Å²) >= 11 is 6.17. The molecule has 1 unspecified atom stereocenters. The fourth-order valence-electron chi connectivity index (χ4n) is 4.24. The number of hydrogen-bond donors (Lipinski definition) is 1. The lowest BCUT2D eigenvalue weighted by molar-refractivity contribution is -0.137. The van der Waals surface area contributed by atoms with Crippen molar-refractivity contribution < 1.29 is 18.3 Å². The Bertz CT molecular complexity index is 1300. The average molecular weight is 502 g/mol. The fourth-order valence-corrected chi connectivity index (χ4v) is 6.00. The molecule has 7 nitrogen and oxygen atoms in total. The number of carboxylic acid groups (broad SMARTS) is 1. The van der Waals surface area contributed by atoms with Gasteiger partial charge in [-0.15, -0.1) is 0 Å². The zero-order valence-electron chi connectivity index (χ0n) is 19.2. The highest BCUT2D eigenvalue weighted by molar-refractivity contribution is 7.92. The monoisotopic (exact) mass is 501 g/mol. The maximum Gasteiger partial charge on any atom is 0.303 e. The number of fused-ring (bicyclic) bond motifs is 1. The summed E-state index contributed by atoms with van der Waals surface area (Å²) in [6, 6.07) is 11.9. The van der Waals surface area contributed by atoms with Crippen molar-refractivity contribution in [3.05, 3.63) is 65.4 Å². The zero-order valence-corrected chi connectivity index (χ0v) is 20.8. The molecule has 34 heavy (non-hydrogen) atoms. The third-order valence-corrected chi connectivity index (χ3v) is 8.13. The lowest BCUT2D eigenvalue weighted by Crippen LogP contribution is -2.30. The SMILES string of the molecule is CC(C)CCn1cc(-c2cccc(S(=O)(=O)N3CC(CCC(=O)O)c4cc(Cl)ccc43)c2)cn1. The van der Waals surface area contributed by atoms with Crippen LogP contribution in [0, 0.1) is 5.92 Å². The van der Waals surface area contributed by atoms with Crippen LogP contribution < -0.4 is 4.31 Å². The van der Waals surface area contributed by atoms with Gasteiger partial charge in [0.1, 0.15) is 0 Å². The molecule has 9 heteroatoms. The molecule has 0 fully saturated rings. The smallest absolute Gasteiger partial charge is 0.303 e. The van der Waals surface area contributed by atoms with Gasteiger partial charge in [-0.05, 0) is 60.2 Å². The molecule has 0 saturated carbocycles. The number of halogens is 1. The summed E-state index contributed by atoms with van der Waals surface area (Å²) < 4.78 is 30.6. The van der Waals surface area contributed by atoms with Crippen molar-refractivity contribution in [2.45, 2.75) is 50.5 Å². The van der Waals surface area contributed by atoms with Gasteiger partial charge in [-0.1, -0.05) is 37.6 Å². The van der Waals surface area contributed by atoms with Gasteiger partial charge in [-0.2, -0.15) is 5.10 Å². The number of anilines is 1. The van der Waals surface area contributed by atoms with E-state index in [0.29, 0.717) is 23.0 Å². The summed E-state index contributed by atoms with van der Waals surface area (Å²) in [5.41, 5.74) is 2.94. The number of nitrogens with zero attached hydrogens (tertiary/aromatic N) is 3. The number of carboxylic acids is 1. The van der Waals surface area contributed by atoms with Crippen molar-refractivity contribution in [3.8, 4) is 11.1 Å². The van der Waals surface area contributed by atoms with Gasteiger partial charge in [-0.3, -0.25) is 13.8 Å². The molecule has 1 aliphatic heterocycles. The molecule has 3 aromatic rings. The first kappa shape index (κ1) is 24.3. The van der Waals surface area contributed by atoms with Crippen LogP contribution in [-0.2, 0) is 21.4 Å². The molecule has 4 rings (SSSR count). The lowest BCUT2D eigenvalue weighted by Gasteiger charge is -2.20. The Balaban J connectivity index is 1.63. The van der Waals surface area contributed by atoms with Crippen LogP contribution in [0.3, 0.4) is 0 Å². The standard InChI is InChI=1S/C25H28ClN3O4S/c1-17(2)10-11-28-15-20(14-27-28)18-4-3-5-22(12-18)34(32,33)29-16-19(6-9-25(30)31)23-13-21(26)7-8-24(23)29/h3-5,7-8,12-15,17,19H,6,9-11,16H2,1-2H3,(H,30,31). The van der Waals surface area contributed by atoms with Gasteiger partial charge in [-0.25, -0.2) is 8.42 Å². The Morgan fingerprint density at radius 2 is 2.00 bits per heavy atom. The molecule has 2 aromatic carbocycles. The van der Waals surface area contributed by atoms with E-state index in [-0.39, 0.29) is 23.8 Å². The fraction of sp³-hybridized carbons (Fsp3) is 0.360. The number of aliphatic carboxylic acids is 1. The molecule has 0 radical (unpaired) electrons. The molecule has 0 spiro atoms. The third-order valence-electron chi connectivity index (χ3n) is 6.12. The number of rotatable bonds is 9.